The number of hydrogen-bond acceptors (Lipinski definition) is 5. The lowest BCUT2D eigenvalue weighted by atomic mass is 9.77. The van der Waals surface area contributed by atoms with E-state index in [-0.39, 0.29) is 17.9 Å². The number of thiophene rings is 1. The zero-order chi connectivity index (χ0) is 13.7. The fourth-order valence-electron chi connectivity index (χ4n) is 3.17. The number of fused-ring (bicyclic) bond motifs is 1. The summed E-state index contributed by atoms with van der Waals surface area (Å²) < 4.78 is 5.49. The molecule has 0 saturated heterocycles. The molecule has 2 aliphatic rings. The minimum Gasteiger partial charge on any atom is -0.334 e. The number of halogens is 1. The predicted molar refractivity (Wildman–Crippen MR) is 85.8 cm³/mol. The van der Waals surface area contributed by atoms with Gasteiger partial charge in [0.25, 0.3) is 5.89 Å². The van der Waals surface area contributed by atoms with Gasteiger partial charge in [0.05, 0.1) is 11.1 Å². The molecule has 6 heteroatoms. The number of rotatable bonds is 2. The zero-order valence-electron chi connectivity index (χ0n) is 12.1. The summed E-state index contributed by atoms with van der Waals surface area (Å²) in [6.45, 7) is 2.32. The Balaban J connectivity index is 0.00000132. The molecular formula is C15H20ClN3OS. The molecule has 2 aromatic heterocycles. The summed E-state index contributed by atoms with van der Waals surface area (Å²) in [5, 5.41) is 6.29. The molecule has 1 unspecified atom stereocenters. The van der Waals surface area contributed by atoms with Crippen LogP contribution in [0.3, 0.4) is 0 Å². The first kappa shape index (κ1) is 15.0. The molecule has 2 heterocycles. The minimum atomic E-state index is -0.341. The van der Waals surface area contributed by atoms with E-state index in [1.807, 2.05) is 11.3 Å². The van der Waals surface area contributed by atoms with Gasteiger partial charge in [-0.1, -0.05) is 12.1 Å². The monoisotopic (exact) mass is 325 g/mol. The highest BCUT2D eigenvalue weighted by atomic mass is 35.5. The van der Waals surface area contributed by atoms with Crippen molar-refractivity contribution in [1.82, 2.24) is 10.1 Å². The lowest BCUT2D eigenvalue weighted by molar-refractivity contribution is 0.229. The fraction of sp³-hybridized carbons (Fsp3) is 0.600. The van der Waals surface area contributed by atoms with Gasteiger partial charge in [0.1, 0.15) is 0 Å². The quantitative estimate of drug-likeness (QED) is 0.914. The van der Waals surface area contributed by atoms with Crippen molar-refractivity contribution in [3.63, 3.8) is 0 Å². The van der Waals surface area contributed by atoms with Gasteiger partial charge in [0, 0.05) is 10.3 Å². The molecule has 2 aliphatic carbocycles. The average molecular weight is 326 g/mol. The van der Waals surface area contributed by atoms with Crippen LogP contribution in [0.5, 0.6) is 0 Å². The van der Waals surface area contributed by atoms with Crippen molar-refractivity contribution < 1.29 is 4.52 Å². The van der Waals surface area contributed by atoms with Gasteiger partial charge in [-0.15, -0.1) is 23.7 Å². The van der Waals surface area contributed by atoms with Crippen molar-refractivity contribution in [3.05, 3.63) is 21.6 Å². The molecule has 0 spiro atoms. The molecule has 0 bridgehead atoms. The highest BCUT2D eigenvalue weighted by Crippen LogP contribution is 2.40. The van der Waals surface area contributed by atoms with Crippen molar-refractivity contribution in [2.24, 2.45) is 11.7 Å². The Labute approximate surface area is 134 Å². The highest BCUT2D eigenvalue weighted by molar-refractivity contribution is 7.10. The van der Waals surface area contributed by atoms with E-state index in [4.69, 9.17) is 10.3 Å². The standard InChI is InChI=1S/C15H19N3OS.ClH/c1-9-3-4-10-11(8-20-12(10)7-9)13-17-14(18-19-13)15(16)5-2-6-15;/h8-9H,2-7,16H2,1H3;1H. The summed E-state index contributed by atoms with van der Waals surface area (Å²) in [5.74, 6) is 2.13. The van der Waals surface area contributed by atoms with E-state index in [1.165, 1.54) is 23.3 Å². The Kier molecular flexibility index (Phi) is 3.84. The van der Waals surface area contributed by atoms with Crippen molar-refractivity contribution in [1.29, 1.82) is 0 Å². The van der Waals surface area contributed by atoms with Gasteiger partial charge in [-0.25, -0.2) is 0 Å². The Morgan fingerprint density at radius 2 is 2.24 bits per heavy atom. The van der Waals surface area contributed by atoms with Crippen LogP contribution in [-0.4, -0.2) is 10.1 Å². The molecule has 1 saturated carbocycles. The number of nitrogens with two attached hydrogens (primary N) is 1. The van der Waals surface area contributed by atoms with Crippen molar-refractivity contribution >= 4 is 23.7 Å². The second-order valence-corrected chi connectivity index (χ2v) is 7.30. The van der Waals surface area contributed by atoms with Crippen molar-refractivity contribution in [2.75, 3.05) is 0 Å². The van der Waals surface area contributed by atoms with Gasteiger partial charge in [-0.05, 0) is 50.0 Å². The lowest BCUT2D eigenvalue weighted by Crippen LogP contribution is -2.44. The zero-order valence-corrected chi connectivity index (χ0v) is 13.7. The third-order valence-corrected chi connectivity index (χ3v) is 5.80. The van der Waals surface area contributed by atoms with Gasteiger partial charge < -0.3 is 10.3 Å². The summed E-state index contributed by atoms with van der Waals surface area (Å²) in [6, 6.07) is 0. The third-order valence-electron chi connectivity index (χ3n) is 4.75. The maximum atomic E-state index is 6.26. The molecule has 114 valence electrons. The normalized spacial score (nSPS) is 23.0. The molecule has 0 radical (unpaired) electrons. The highest BCUT2D eigenvalue weighted by Gasteiger charge is 2.39. The van der Waals surface area contributed by atoms with Crippen LogP contribution in [-0.2, 0) is 18.4 Å². The van der Waals surface area contributed by atoms with Gasteiger partial charge in [0.15, 0.2) is 5.82 Å². The number of nitrogens with zero attached hydrogens (tertiary/aromatic N) is 2. The van der Waals surface area contributed by atoms with Gasteiger partial charge in [0.2, 0.25) is 0 Å². The second kappa shape index (κ2) is 5.38. The summed E-state index contributed by atoms with van der Waals surface area (Å²) >= 11 is 1.83. The topological polar surface area (TPSA) is 64.9 Å². The molecule has 1 atom stereocenters. The van der Waals surface area contributed by atoms with E-state index in [9.17, 15) is 0 Å². The Morgan fingerprint density at radius 3 is 2.95 bits per heavy atom. The van der Waals surface area contributed by atoms with E-state index >= 15 is 0 Å². The lowest BCUT2D eigenvalue weighted by Gasteiger charge is -2.34. The minimum absolute atomic E-state index is 0. The maximum Gasteiger partial charge on any atom is 0.259 e. The molecule has 4 nitrogen and oxygen atoms in total. The summed E-state index contributed by atoms with van der Waals surface area (Å²) in [5.41, 5.74) is 8.48. The van der Waals surface area contributed by atoms with Crippen LogP contribution in [0.25, 0.3) is 11.5 Å². The van der Waals surface area contributed by atoms with Crippen LogP contribution in [0, 0.1) is 5.92 Å². The average Bonchev–Trinajstić information content (AvgIpc) is 3.01. The van der Waals surface area contributed by atoms with Crippen LogP contribution in [0.4, 0.5) is 0 Å². The van der Waals surface area contributed by atoms with Crippen LogP contribution in [0.15, 0.2) is 9.90 Å². The van der Waals surface area contributed by atoms with E-state index in [0.29, 0.717) is 11.7 Å². The first-order chi connectivity index (χ1) is 9.66. The third kappa shape index (κ3) is 2.41. The molecule has 21 heavy (non-hydrogen) atoms. The summed E-state index contributed by atoms with van der Waals surface area (Å²) in [7, 11) is 0. The second-order valence-electron chi connectivity index (χ2n) is 6.33. The smallest absolute Gasteiger partial charge is 0.259 e. The first-order valence-corrected chi connectivity index (χ1v) is 8.26. The number of aromatic nitrogens is 2. The van der Waals surface area contributed by atoms with Crippen molar-refractivity contribution in [2.45, 2.75) is 51.0 Å². The van der Waals surface area contributed by atoms with E-state index < -0.39 is 0 Å². The molecule has 4 rings (SSSR count). The van der Waals surface area contributed by atoms with E-state index in [0.717, 1.165) is 37.2 Å². The van der Waals surface area contributed by atoms with Gasteiger partial charge in [-0.3, -0.25) is 0 Å². The Bertz CT molecular complexity index is 647. The van der Waals surface area contributed by atoms with Crippen LogP contribution >= 0.6 is 23.7 Å². The SMILES string of the molecule is CC1CCc2c(-c3nc(C4(N)CCC4)no3)csc2C1.Cl. The Hall–Kier alpha value is -0.910. The molecule has 0 aliphatic heterocycles. The molecule has 0 aromatic carbocycles. The Morgan fingerprint density at radius 1 is 1.43 bits per heavy atom. The van der Waals surface area contributed by atoms with Crippen molar-refractivity contribution in [3.8, 4) is 11.5 Å². The summed E-state index contributed by atoms with van der Waals surface area (Å²) in [4.78, 5) is 6.07. The predicted octanol–water partition coefficient (Wildman–Crippen LogP) is 3.68. The largest absolute Gasteiger partial charge is 0.334 e. The molecular weight excluding hydrogens is 306 g/mol. The van der Waals surface area contributed by atoms with Crippen LogP contribution < -0.4 is 5.73 Å². The number of hydrogen-bond donors (Lipinski definition) is 1. The molecule has 0 amide bonds. The fourth-order valence-corrected chi connectivity index (χ4v) is 4.41. The van der Waals surface area contributed by atoms with Gasteiger partial charge in [-0.2, -0.15) is 4.98 Å². The molecule has 2 N–H and O–H groups in total. The van der Waals surface area contributed by atoms with Crippen LogP contribution in [0.1, 0.15) is 48.9 Å². The maximum absolute atomic E-state index is 6.26. The first-order valence-electron chi connectivity index (χ1n) is 7.38. The van der Waals surface area contributed by atoms with Gasteiger partial charge >= 0.3 is 0 Å². The van der Waals surface area contributed by atoms with E-state index in [1.54, 1.807) is 0 Å². The molecule has 1 fully saturated rings. The van der Waals surface area contributed by atoms with E-state index in [2.05, 4.69) is 22.4 Å². The van der Waals surface area contributed by atoms with Crippen LogP contribution in [0.2, 0.25) is 0 Å². The summed E-state index contributed by atoms with van der Waals surface area (Å²) in [6.07, 6.45) is 6.64. The molecule has 2 aromatic rings.